The van der Waals surface area contributed by atoms with Crippen LogP contribution >= 0.6 is 0 Å². The van der Waals surface area contributed by atoms with Gasteiger partial charge in [0.25, 0.3) is 0 Å². The summed E-state index contributed by atoms with van der Waals surface area (Å²) in [6.07, 6.45) is 0. The quantitative estimate of drug-likeness (QED) is 0.390. The van der Waals surface area contributed by atoms with Crippen molar-refractivity contribution in [1.82, 2.24) is 0 Å². The van der Waals surface area contributed by atoms with E-state index in [4.69, 9.17) is 16.0 Å². The molecule has 0 spiro atoms. The molecular weight excluding hydrogens is 349 g/mol. The zero-order chi connectivity index (χ0) is 4.50. The van der Waals surface area contributed by atoms with Gasteiger partial charge in [0.15, 0.2) is 0 Å². The molecular formula is H24Na2O14Se. The van der Waals surface area contributed by atoms with E-state index in [9.17, 15) is 0 Å². The molecule has 0 bridgehead atoms. The van der Waals surface area contributed by atoms with Crippen LogP contribution in [0, 0.1) is 0 Å². The van der Waals surface area contributed by atoms with Gasteiger partial charge < -0.3 is 54.8 Å². The SMILES string of the molecule is O.O.O.O.O.O.O.O.O.O.O=[Se](=O)(O)O.[NaH].[NaH]. The van der Waals surface area contributed by atoms with Crippen molar-refractivity contribution in [2.24, 2.45) is 0 Å². The van der Waals surface area contributed by atoms with Crippen molar-refractivity contribution < 1.29 is 70.8 Å². The molecule has 14 nitrogen and oxygen atoms in total. The number of hydrogen-bond donors (Lipinski definition) is 2. The van der Waals surface area contributed by atoms with Crippen LogP contribution in [0.4, 0.5) is 0 Å². The summed E-state index contributed by atoms with van der Waals surface area (Å²) >= 11 is -5.25. The third-order valence-corrected chi connectivity index (χ3v) is 0. The Labute approximate surface area is 142 Å². The molecule has 17 heavy (non-hydrogen) atoms. The fraction of sp³-hybridized carbons (Fsp3) is 0. The Balaban J connectivity index is -0.00000000121. The average molecular weight is 373 g/mol. The molecule has 0 aromatic heterocycles. The van der Waals surface area contributed by atoms with Gasteiger partial charge in [0.05, 0.1) is 0 Å². The van der Waals surface area contributed by atoms with Gasteiger partial charge >= 0.3 is 88.5 Å². The zero-order valence-corrected chi connectivity index (χ0v) is 8.83. The van der Waals surface area contributed by atoms with Crippen molar-refractivity contribution >= 4 is 72.5 Å². The standard InChI is InChI=1S/2Na.H2O4Se.10H2O.2H/c;;1-5(2,3)4;;;;;;;;;;;;/h;;(H2,1,2,3,4);10*1H2;;. The van der Waals surface area contributed by atoms with E-state index in [2.05, 4.69) is 0 Å². The average Bonchev–Trinajstić information content (AvgIpc) is 0.722. The second kappa shape index (κ2) is 83.7. The Morgan fingerprint density at radius 1 is 0.471 bits per heavy atom. The Morgan fingerprint density at radius 3 is 0.471 bits per heavy atom. The first-order chi connectivity index (χ1) is 2.00. The summed E-state index contributed by atoms with van der Waals surface area (Å²) in [5, 5.41) is 0. The van der Waals surface area contributed by atoms with Crippen molar-refractivity contribution in [3.8, 4) is 0 Å². The van der Waals surface area contributed by atoms with Crippen LogP contribution in [-0.2, 0) is 7.67 Å². The van der Waals surface area contributed by atoms with E-state index in [1.165, 1.54) is 0 Å². The molecule has 0 saturated carbocycles. The van der Waals surface area contributed by atoms with Crippen LogP contribution in [0.3, 0.4) is 0 Å². The molecule has 0 aliphatic rings. The Morgan fingerprint density at radius 2 is 0.471 bits per heavy atom. The van der Waals surface area contributed by atoms with Crippen molar-refractivity contribution in [3.63, 3.8) is 0 Å². The first-order valence-electron chi connectivity index (χ1n) is 0.698. The van der Waals surface area contributed by atoms with Crippen LogP contribution in [0.2, 0.25) is 0 Å². The summed E-state index contributed by atoms with van der Waals surface area (Å²) in [7, 11) is 0. The molecule has 0 heterocycles. The summed E-state index contributed by atoms with van der Waals surface area (Å²) in [5.41, 5.74) is 0. The molecule has 0 saturated heterocycles. The molecule has 0 aromatic rings. The third-order valence-electron chi connectivity index (χ3n) is 0. The molecule has 0 aliphatic carbocycles. The second-order valence-electron chi connectivity index (χ2n) is 0.448. The molecule has 17 heteroatoms. The fourth-order valence-corrected chi connectivity index (χ4v) is 0. The van der Waals surface area contributed by atoms with Gasteiger partial charge in [0.2, 0.25) is 0 Å². The van der Waals surface area contributed by atoms with E-state index in [0.29, 0.717) is 0 Å². The van der Waals surface area contributed by atoms with Crippen LogP contribution in [0.25, 0.3) is 0 Å². The van der Waals surface area contributed by atoms with E-state index < -0.39 is 13.4 Å². The molecule has 22 N–H and O–H groups in total. The van der Waals surface area contributed by atoms with Gasteiger partial charge in [-0.3, -0.25) is 0 Å². The van der Waals surface area contributed by atoms with E-state index in [-0.39, 0.29) is 114 Å². The molecule has 0 aliphatic heterocycles. The van der Waals surface area contributed by atoms with Crippen molar-refractivity contribution in [3.05, 3.63) is 0 Å². The van der Waals surface area contributed by atoms with Gasteiger partial charge in [-0.25, -0.2) is 0 Å². The molecule has 0 aromatic carbocycles. The number of rotatable bonds is 0. The maximum atomic E-state index is 8.82. The van der Waals surface area contributed by atoms with Crippen molar-refractivity contribution in [1.29, 1.82) is 0 Å². The Hall–Kier alpha value is 1.64. The predicted octanol–water partition coefficient (Wildman–Crippen LogP) is -11.3. The summed E-state index contributed by atoms with van der Waals surface area (Å²) < 4.78 is 31.9. The van der Waals surface area contributed by atoms with Crippen LogP contribution in [0.1, 0.15) is 0 Å². The van der Waals surface area contributed by atoms with Gasteiger partial charge in [-0.1, -0.05) is 0 Å². The van der Waals surface area contributed by atoms with E-state index in [1.807, 2.05) is 0 Å². The molecule has 0 unspecified atom stereocenters. The van der Waals surface area contributed by atoms with Crippen LogP contribution in [0.15, 0.2) is 0 Å². The second-order valence-corrected chi connectivity index (χ2v) is 2.33. The van der Waals surface area contributed by atoms with Crippen molar-refractivity contribution in [2.45, 2.75) is 0 Å². The normalized spacial score (nSPS) is 3.41. The minimum atomic E-state index is -5.25. The number of hydrogen-bond acceptors (Lipinski definition) is 2. The molecule has 0 atom stereocenters. The maximum absolute atomic E-state index is 8.82. The van der Waals surface area contributed by atoms with Gasteiger partial charge in [0, 0.05) is 0 Å². The molecule has 116 valence electrons. The Bertz CT molecular complexity index is 97.4. The third kappa shape index (κ3) is 1610. The summed E-state index contributed by atoms with van der Waals surface area (Å²) in [6, 6.07) is 0. The predicted molar refractivity (Wildman–Crippen MR) is 62.0 cm³/mol. The first kappa shape index (κ1) is 182. The molecule has 0 fully saturated rings. The molecule has 0 rings (SSSR count). The molecule has 0 amide bonds. The monoisotopic (exact) mass is 374 g/mol. The van der Waals surface area contributed by atoms with Crippen LogP contribution < -0.4 is 0 Å². The molecule has 0 radical (unpaired) electrons. The van der Waals surface area contributed by atoms with Gasteiger partial charge in [-0.05, 0) is 0 Å². The fourth-order valence-electron chi connectivity index (χ4n) is 0. The minimum absolute atomic E-state index is 0. The van der Waals surface area contributed by atoms with E-state index >= 15 is 0 Å². The summed E-state index contributed by atoms with van der Waals surface area (Å²) in [4.78, 5) is 0. The van der Waals surface area contributed by atoms with Crippen LogP contribution in [0.5, 0.6) is 0 Å². The Kier molecular flexibility index (Phi) is 898. The van der Waals surface area contributed by atoms with E-state index in [0.717, 1.165) is 0 Å². The van der Waals surface area contributed by atoms with Crippen molar-refractivity contribution in [2.75, 3.05) is 0 Å². The van der Waals surface area contributed by atoms with Gasteiger partial charge in [0.1, 0.15) is 0 Å². The van der Waals surface area contributed by atoms with Gasteiger partial charge in [-0.15, -0.1) is 0 Å². The topological polar surface area (TPSA) is 390 Å². The summed E-state index contributed by atoms with van der Waals surface area (Å²) in [5.74, 6) is 0. The van der Waals surface area contributed by atoms with Crippen LogP contribution in [-0.4, -0.2) is 136 Å². The van der Waals surface area contributed by atoms with E-state index in [1.54, 1.807) is 0 Å². The summed E-state index contributed by atoms with van der Waals surface area (Å²) in [6.45, 7) is 0. The zero-order valence-electron chi connectivity index (χ0n) is 7.12. The van der Waals surface area contributed by atoms with Gasteiger partial charge in [-0.2, -0.15) is 0 Å². The first-order valence-corrected chi connectivity index (χ1v) is 3.63.